The fourth-order valence-corrected chi connectivity index (χ4v) is 5.39. The molecular weight excluding hydrogens is 306 g/mol. The first kappa shape index (κ1) is 14.3. The summed E-state index contributed by atoms with van der Waals surface area (Å²) in [7, 11) is -3.60. The molecular formula is C15H15NO3S2. The van der Waals surface area contributed by atoms with Crippen LogP contribution in [0.4, 0.5) is 5.69 Å². The van der Waals surface area contributed by atoms with Crippen molar-refractivity contribution in [1.29, 1.82) is 0 Å². The summed E-state index contributed by atoms with van der Waals surface area (Å²) in [5.74, 6) is 0.00524. The fraction of sp³-hybridized carbons (Fsp3) is 0.267. The van der Waals surface area contributed by atoms with Gasteiger partial charge in [0.05, 0.1) is 5.69 Å². The highest BCUT2D eigenvalue weighted by Gasteiger charge is 2.31. The third kappa shape index (κ3) is 2.49. The van der Waals surface area contributed by atoms with Gasteiger partial charge in [0.2, 0.25) is 0 Å². The zero-order chi connectivity index (χ0) is 15.0. The van der Waals surface area contributed by atoms with Gasteiger partial charge in [-0.3, -0.25) is 9.10 Å². The Balaban J connectivity index is 2.14. The van der Waals surface area contributed by atoms with E-state index in [0.29, 0.717) is 34.8 Å². The highest BCUT2D eigenvalue weighted by Crippen LogP contribution is 2.33. The number of rotatable bonds is 2. The minimum absolute atomic E-state index is 0.00524. The number of carbonyl (C=O) groups excluding carboxylic acids is 1. The molecule has 1 aromatic heterocycles. The van der Waals surface area contributed by atoms with Crippen LogP contribution in [0.3, 0.4) is 0 Å². The molecule has 0 unspecified atom stereocenters. The number of Topliss-reactive ketones (excluding diaryl/α,β-unsaturated/α-hetero) is 1. The Kier molecular flexibility index (Phi) is 3.59. The number of carbonyl (C=O) groups is 1. The minimum Gasteiger partial charge on any atom is -0.294 e. The van der Waals surface area contributed by atoms with E-state index < -0.39 is 10.0 Å². The van der Waals surface area contributed by atoms with Crippen LogP contribution in [-0.2, 0) is 10.0 Å². The molecule has 4 nitrogen and oxygen atoms in total. The number of aryl methyl sites for hydroxylation is 1. The molecule has 2 heterocycles. The van der Waals surface area contributed by atoms with E-state index in [4.69, 9.17) is 0 Å². The monoisotopic (exact) mass is 321 g/mol. The first-order valence-corrected chi connectivity index (χ1v) is 8.97. The maximum absolute atomic E-state index is 12.8. The number of thiophene rings is 1. The van der Waals surface area contributed by atoms with E-state index in [1.165, 1.54) is 15.6 Å². The van der Waals surface area contributed by atoms with E-state index in [0.717, 1.165) is 4.88 Å². The summed E-state index contributed by atoms with van der Waals surface area (Å²) in [6.45, 7) is 2.21. The second kappa shape index (κ2) is 5.27. The van der Waals surface area contributed by atoms with E-state index >= 15 is 0 Å². The van der Waals surface area contributed by atoms with E-state index in [2.05, 4.69) is 0 Å². The average Bonchev–Trinajstić information content (AvgIpc) is 2.83. The Morgan fingerprint density at radius 2 is 1.90 bits per heavy atom. The Bertz CT molecular complexity index is 793. The standard InChI is InChI=1S/C15H15NO3S2/c1-11-8-9-15(20-11)21(18,19)16-10-4-7-14(17)12-5-2-3-6-13(12)16/h2-3,5-6,8-9H,4,7,10H2,1H3. The quantitative estimate of drug-likeness (QED) is 0.853. The van der Waals surface area contributed by atoms with Gasteiger partial charge < -0.3 is 0 Å². The highest BCUT2D eigenvalue weighted by atomic mass is 32.2. The molecule has 1 aliphatic heterocycles. The molecule has 1 aliphatic rings. The number of hydrogen-bond acceptors (Lipinski definition) is 4. The van der Waals surface area contributed by atoms with Crippen molar-refractivity contribution in [3.63, 3.8) is 0 Å². The van der Waals surface area contributed by atoms with Gasteiger partial charge in [-0.15, -0.1) is 11.3 Å². The van der Waals surface area contributed by atoms with Crippen molar-refractivity contribution in [2.75, 3.05) is 10.8 Å². The van der Waals surface area contributed by atoms with Crippen molar-refractivity contribution in [2.24, 2.45) is 0 Å². The van der Waals surface area contributed by atoms with Gasteiger partial charge in [0.15, 0.2) is 5.78 Å². The zero-order valence-electron chi connectivity index (χ0n) is 11.6. The van der Waals surface area contributed by atoms with Crippen molar-refractivity contribution >= 4 is 32.8 Å². The molecule has 21 heavy (non-hydrogen) atoms. The Hall–Kier alpha value is -1.66. The summed E-state index contributed by atoms with van der Waals surface area (Å²) in [5, 5.41) is 0. The second-order valence-electron chi connectivity index (χ2n) is 4.99. The maximum Gasteiger partial charge on any atom is 0.273 e. The fourth-order valence-electron chi connectivity index (χ4n) is 2.47. The predicted molar refractivity (Wildman–Crippen MR) is 83.6 cm³/mol. The number of benzene rings is 1. The number of hydrogen-bond donors (Lipinski definition) is 0. The number of fused-ring (bicyclic) bond motifs is 1. The largest absolute Gasteiger partial charge is 0.294 e. The lowest BCUT2D eigenvalue weighted by atomic mass is 10.1. The van der Waals surface area contributed by atoms with E-state index in [1.807, 2.05) is 6.92 Å². The lowest BCUT2D eigenvalue weighted by molar-refractivity contribution is 0.0984. The van der Waals surface area contributed by atoms with Crippen molar-refractivity contribution in [3.05, 3.63) is 46.8 Å². The number of para-hydroxylation sites is 1. The third-order valence-corrected chi connectivity index (χ3v) is 6.78. The summed E-state index contributed by atoms with van der Waals surface area (Å²) in [5.41, 5.74) is 0.984. The van der Waals surface area contributed by atoms with Crippen LogP contribution < -0.4 is 4.31 Å². The molecule has 0 saturated heterocycles. The van der Waals surface area contributed by atoms with E-state index in [9.17, 15) is 13.2 Å². The van der Waals surface area contributed by atoms with Crippen LogP contribution in [0.1, 0.15) is 28.1 Å². The molecule has 0 saturated carbocycles. The van der Waals surface area contributed by atoms with Gasteiger partial charge in [0.1, 0.15) is 4.21 Å². The summed E-state index contributed by atoms with van der Waals surface area (Å²) >= 11 is 1.26. The van der Waals surface area contributed by atoms with Crippen LogP contribution in [0.15, 0.2) is 40.6 Å². The van der Waals surface area contributed by atoms with E-state index in [1.54, 1.807) is 36.4 Å². The summed E-state index contributed by atoms with van der Waals surface area (Å²) in [6, 6.07) is 10.4. The minimum atomic E-state index is -3.60. The number of nitrogens with zero attached hydrogens (tertiary/aromatic N) is 1. The number of ketones is 1. The van der Waals surface area contributed by atoms with E-state index in [-0.39, 0.29) is 5.78 Å². The van der Waals surface area contributed by atoms with Gasteiger partial charge in [-0.1, -0.05) is 12.1 Å². The topological polar surface area (TPSA) is 54.5 Å². The molecule has 6 heteroatoms. The molecule has 0 spiro atoms. The summed E-state index contributed by atoms with van der Waals surface area (Å²) in [6.07, 6.45) is 0.920. The molecule has 1 aromatic carbocycles. The molecule has 2 aromatic rings. The van der Waals surface area contributed by atoms with Gasteiger partial charge in [-0.05, 0) is 37.6 Å². The van der Waals surface area contributed by atoms with Crippen LogP contribution in [-0.4, -0.2) is 20.7 Å². The third-order valence-electron chi connectivity index (χ3n) is 3.50. The van der Waals surface area contributed by atoms with Crippen LogP contribution >= 0.6 is 11.3 Å². The first-order valence-electron chi connectivity index (χ1n) is 6.71. The van der Waals surface area contributed by atoms with Gasteiger partial charge in [0, 0.05) is 23.4 Å². The van der Waals surface area contributed by atoms with Gasteiger partial charge in [-0.25, -0.2) is 8.42 Å². The molecule has 0 amide bonds. The van der Waals surface area contributed by atoms with Gasteiger partial charge in [0.25, 0.3) is 10.0 Å². The van der Waals surface area contributed by atoms with Crippen LogP contribution in [0.25, 0.3) is 0 Å². The maximum atomic E-state index is 12.8. The summed E-state index contributed by atoms with van der Waals surface area (Å²) < 4.78 is 27.4. The Labute approximate surface area is 128 Å². The molecule has 0 aliphatic carbocycles. The van der Waals surface area contributed by atoms with Crippen molar-refractivity contribution in [1.82, 2.24) is 0 Å². The summed E-state index contributed by atoms with van der Waals surface area (Å²) in [4.78, 5) is 13.1. The molecule has 110 valence electrons. The second-order valence-corrected chi connectivity index (χ2v) is 8.36. The Morgan fingerprint density at radius 1 is 1.14 bits per heavy atom. The lowest BCUT2D eigenvalue weighted by Gasteiger charge is -2.23. The SMILES string of the molecule is Cc1ccc(S(=O)(=O)N2CCCC(=O)c3ccccc32)s1. The van der Waals surface area contributed by atoms with Crippen LogP contribution in [0.5, 0.6) is 0 Å². The van der Waals surface area contributed by atoms with Crippen LogP contribution in [0, 0.1) is 6.92 Å². The smallest absolute Gasteiger partial charge is 0.273 e. The Morgan fingerprint density at radius 3 is 2.62 bits per heavy atom. The lowest BCUT2D eigenvalue weighted by Crippen LogP contribution is -2.31. The molecule has 3 rings (SSSR count). The first-order chi connectivity index (χ1) is 10.00. The zero-order valence-corrected chi connectivity index (χ0v) is 13.2. The van der Waals surface area contributed by atoms with Crippen molar-refractivity contribution in [3.8, 4) is 0 Å². The molecule has 0 N–H and O–H groups in total. The van der Waals surface area contributed by atoms with Crippen molar-refractivity contribution < 1.29 is 13.2 Å². The number of sulfonamides is 1. The van der Waals surface area contributed by atoms with Gasteiger partial charge >= 0.3 is 0 Å². The molecule has 0 radical (unpaired) electrons. The van der Waals surface area contributed by atoms with Crippen molar-refractivity contribution in [2.45, 2.75) is 24.0 Å². The molecule has 0 bridgehead atoms. The predicted octanol–water partition coefficient (Wildman–Crippen LogP) is 3.23. The average molecular weight is 321 g/mol. The normalized spacial score (nSPS) is 15.7. The van der Waals surface area contributed by atoms with Crippen LogP contribution in [0.2, 0.25) is 0 Å². The number of anilines is 1. The highest BCUT2D eigenvalue weighted by molar-refractivity contribution is 7.94. The van der Waals surface area contributed by atoms with Gasteiger partial charge in [-0.2, -0.15) is 0 Å². The molecule has 0 fully saturated rings. The molecule has 0 atom stereocenters.